The highest BCUT2D eigenvalue weighted by Crippen LogP contribution is 2.28. The van der Waals surface area contributed by atoms with Gasteiger partial charge in [-0.25, -0.2) is 8.42 Å². The summed E-state index contributed by atoms with van der Waals surface area (Å²) in [6, 6.07) is 5.63. The molecule has 1 aromatic rings. The number of aryl methyl sites for hydroxylation is 1. The van der Waals surface area contributed by atoms with Crippen LogP contribution in [0.15, 0.2) is 23.1 Å². The number of piperidine rings is 2. The van der Waals surface area contributed by atoms with Crippen LogP contribution >= 0.6 is 0 Å². The molecule has 2 aliphatic rings. The normalized spacial score (nSPS) is 21.4. The summed E-state index contributed by atoms with van der Waals surface area (Å²) in [6.07, 6.45) is 4.31. The van der Waals surface area contributed by atoms with Gasteiger partial charge in [0.2, 0.25) is 10.0 Å². The molecule has 152 valence electrons. The Morgan fingerprint density at radius 1 is 1.07 bits per heavy atom. The van der Waals surface area contributed by atoms with Crippen LogP contribution in [0.1, 0.15) is 38.2 Å². The number of rotatable bonds is 6. The van der Waals surface area contributed by atoms with Gasteiger partial charge in [0.25, 0.3) is 0 Å². The van der Waals surface area contributed by atoms with E-state index in [1.165, 1.54) is 0 Å². The van der Waals surface area contributed by atoms with Crippen LogP contribution in [0.4, 0.5) is 0 Å². The first-order chi connectivity index (χ1) is 13.0. The van der Waals surface area contributed by atoms with Crippen LogP contribution in [0.5, 0.6) is 5.75 Å². The third-order valence-electron chi connectivity index (χ3n) is 5.83. The second-order valence-corrected chi connectivity index (χ2v) is 9.40. The molecule has 0 N–H and O–H groups in total. The number of ether oxygens (including phenoxy) is 2. The lowest BCUT2D eigenvalue weighted by Gasteiger charge is -2.41. The van der Waals surface area contributed by atoms with E-state index in [-0.39, 0.29) is 0 Å². The van der Waals surface area contributed by atoms with Gasteiger partial charge in [0.1, 0.15) is 5.75 Å². The molecule has 0 amide bonds. The van der Waals surface area contributed by atoms with Gasteiger partial charge >= 0.3 is 0 Å². The summed E-state index contributed by atoms with van der Waals surface area (Å²) >= 11 is 0. The molecule has 7 heteroatoms. The van der Waals surface area contributed by atoms with E-state index >= 15 is 0 Å². The van der Waals surface area contributed by atoms with Crippen LogP contribution in [0.25, 0.3) is 0 Å². The summed E-state index contributed by atoms with van der Waals surface area (Å²) < 4.78 is 38.7. The molecule has 6 nitrogen and oxygen atoms in total. The van der Waals surface area contributed by atoms with Gasteiger partial charge in [-0.1, -0.05) is 0 Å². The zero-order valence-electron chi connectivity index (χ0n) is 16.7. The number of likely N-dealkylation sites (tertiary alicyclic amines) is 1. The molecular formula is C20H32N2O4S. The van der Waals surface area contributed by atoms with E-state index in [0.29, 0.717) is 36.7 Å². The van der Waals surface area contributed by atoms with Crippen molar-refractivity contribution in [3.8, 4) is 5.75 Å². The van der Waals surface area contributed by atoms with Crippen molar-refractivity contribution in [1.29, 1.82) is 0 Å². The zero-order valence-corrected chi connectivity index (χ0v) is 17.5. The number of methoxy groups -OCH3 is 1. The molecule has 0 saturated carbocycles. The molecular weight excluding hydrogens is 364 g/mol. The monoisotopic (exact) mass is 396 g/mol. The number of benzene rings is 1. The Morgan fingerprint density at radius 3 is 2.30 bits per heavy atom. The average molecular weight is 397 g/mol. The standard InChI is InChI=1S/C20H32N2O4S/c1-4-26-20-6-5-19(15-16(20)2)27(23,24)22-13-7-17(8-14-22)21-11-9-18(25-3)10-12-21/h5-6,15,17-18H,4,7-14H2,1-3H3. The molecule has 0 aliphatic carbocycles. The maximum Gasteiger partial charge on any atom is 0.243 e. The van der Waals surface area contributed by atoms with E-state index in [0.717, 1.165) is 50.1 Å². The Balaban J connectivity index is 1.60. The Bertz CT molecular complexity index is 721. The van der Waals surface area contributed by atoms with Crippen molar-refractivity contribution in [1.82, 2.24) is 9.21 Å². The predicted molar refractivity (Wildman–Crippen MR) is 106 cm³/mol. The molecule has 0 atom stereocenters. The van der Waals surface area contributed by atoms with Gasteiger partial charge < -0.3 is 14.4 Å². The predicted octanol–water partition coefficient (Wildman–Crippen LogP) is 2.66. The zero-order chi connectivity index (χ0) is 19.4. The highest BCUT2D eigenvalue weighted by molar-refractivity contribution is 7.89. The Labute approximate surface area is 163 Å². The fraction of sp³-hybridized carbons (Fsp3) is 0.700. The molecule has 27 heavy (non-hydrogen) atoms. The maximum absolute atomic E-state index is 13.0. The minimum Gasteiger partial charge on any atom is -0.494 e. The smallest absolute Gasteiger partial charge is 0.243 e. The first-order valence-corrected chi connectivity index (χ1v) is 11.4. The fourth-order valence-electron chi connectivity index (χ4n) is 4.17. The summed E-state index contributed by atoms with van der Waals surface area (Å²) in [5.41, 5.74) is 0.855. The topological polar surface area (TPSA) is 59.1 Å². The molecule has 2 aliphatic heterocycles. The van der Waals surface area contributed by atoms with Crippen molar-refractivity contribution in [3.63, 3.8) is 0 Å². The minimum absolute atomic E-state index is 0.364. The van der Waals surface area contributed by atoms with Crippen LogP contribution in [-0.4, -0.2) is 69.7 Å². The molecule has 1 aromatic carbocycles. The van der Waals surface area contributed by atoms with Gasteiger partial charge in [0.15, 0.2) is 0 Å². The van der Waals surface area contributed by atoms with E-state index < -0.39 is 10.0 Å². The van der Waals surface area contributed by atoms with Gasteiger partial charge in [-0.05, 0) is 63.3 Å². The molecule has 0 radical (unpaired) electrons. The lowest BCUT2D eigenvalue weighted by Crippen LogP contribution is -2.49. The number of sulfonamides is 1. The Hall–Kier alpha value is -1.15. The first kappa shape index (κ1) is 20.6. The Kier molecular flexibility index (Phi) is 6.78. The number of hydrogen-bond donors (Lipinski definition) is 0. The summed E-state index contributed by atoms with van der Waals surface area (Å²) in [6.45, 7) is 7.66. The van der Waals surface area contributed by atoms with E-state index in [1.54, 1.807) is 29.6 Å². The van der Waals surface area contributed by atoms with Gasteiger partial charge in [0, 0.05) is 39.3 Å². The van der Waals surface area contributed by atoms with E-state index in [2.05, 4.69) is 4.90 Å². The van der Waals surface area contributed by atoms with Crippen LogP contribution in [0, 0.1) is 6.92 Å². The minimum atomic E-state index is -3.44. The number of nitrogens with zero attached hydrogens (tertiary/aromatic N) is 2. The van der Waals surface area contributed by atoms with Gasteiger partial charge in [-0.15, -0.1) is 0 Å². The summed E-state index contributed by atoms with van der Waals surface area (Å²) in [7, 11) is -1.66. The highest BCUT2D eigenvalue weighted by Gasteiger charge is 2.33. The molecule has 0 aromatic heterocycles. The molecule has 2 saturated heterocycles. The quantitative estimate of drug-likeness (QED) is 0.740. The van der Waals surface area contributed by atoms with Crippen LogP contribution in [0.2, 0.25) is 0 Å². The second kappa shape index (κ2) is 8.90. The molecule has 2 fully saturated rings. The maximum atomic E-state index is 13.0. The van der Waals surface area contributed by atoms with E-state index in [9.17, 15) is 8.42 Å². The van der Waals surface area contributed by atoms with E-state index in [1.807, 2.05) is 13.8 Å². The SMILES string of the molecule is CCOc1ccc(S(=O)(=O)N2CCC(N3CCC(OC)CC3)CC2)cc1C. The highest BCUT2D eigenvalue weighted by atomic mass is 32.2. The van der Waals surface area contributed by atoms with E-state index in [4.69, 9.17) is 9.47 Å². The third-order valence-corrected chi connectivity index (χ3v) is 7.73. The molecule has 0 bridgehead atoms. The molecule has 3 rings (SSSR count). The van der Waals surface area contributed by atoms with Crippen LogP contribution in [0.3, 0.4) is 0 Å². The molecule has 2 heterocycles. The summed E-state index contributed by atoms with van der Waals surface area (Å²) in [4.78, 5) is 2.88. The van der Waals surface area contributed by atoms with Gasteiger partial charge in [-0.3, -0.25) is 0 Å². The molecule has 0 unspecified atom stereocenters. The van der Waals surface area contributed by atoms with Crippen molar-refractivity contribution < 1.29 is 17.9 Å². The lowest BCUT2D eigenvalue weighted by molar-refractivity contribution is 0.0190. The summed E-state index contributed by atoms with van der Waals surface area (Å²) in [5, 5.41) is 0. The fourth-order valence-corrected chi connectivity index (χ4v) is 5.73. The van der Waals surface area contributed by atoms with Crippen molar-refractivity contribution in [2.24, 2.45) is 0 Å². The van der Waals surface area contributed by atoms with Crippen molar-refractivity contribution in [2.45, 2.75) is 56.6 Å². The first-order valence-electron chi connectivity index (χ1n) is 9.96. The molecule has 0 spiro atoms. The van der Waals surface area contributed by atoms with Crippen molar-refractivity contribution in [2.75, 3.05) is 39.9 Å². The van der Waals surface area contributed by atoms with Crippen LogP contribution < -0.4 is 4.74 Å². The lowest BCUT2D eigenvalue weighted by atomic mass is 10.00. The average Bonchev–Trinajstić information content (AvgIpc) is 2.70. The number of hydrogen-bond acceptors (Lipinski definition) is 5. The second-order valence-electron chi connectivity index (χ2n) is 7.47. The summed E-state index contributed by atoms with van der Waals surface area (Å²) in [5.74, 6) is 0.745. The largest absolute Gasteiger partial charge is 0.494 e. The third kappa shape index (κ3) is 4.65. The van der Waals surface area contributed by atoms with Crippen LogP contribution in [-0.2, 0) is 14.8 Å². The van der Waals surface area contributed by atoms with Gasteiger partial charge in [-0.2, -0.15) is 4.31 Å². The van der Waals surface area contributed by atoms with Crippen molar-refractivity contribution >= 4 is 10.0 Å². The van der Waals surface area contributed by atoms with Crippen molar-refractivity contribution in [3.05, 3.63) is 23.8 Å². The Morgan fingerprint density at radius 2 is 1.74 bits per heavy atom. The van der Waals surface area contributed by atoms with Gasteiger partial charge in [0.05, 0.1) is 17.6 Å².